The Balaban J connectivity index is 1.06. The summed E-state index contributed by atoms with van der Waals surface area (Å²) in [6.07, 6.45) is 0. The van der Waals surface area contributed by atoms with E-state index in [1.807, 2.05) is 11.3 Å². The van der Waals surface area contributed by atoms with E-state index in [9.17, 15) is 0 Å². The maximum absolute atomic E-state index is 2.69. The van der Waals surface area contributed by atoms with Crippen LogP contribution in [0.15, 0.2) is 249 Å². The summed E-state index contributed by atoms with van der Waals surface area (Å²) in [5.74, 6) is 0. The summed E-state index contributed by atoms with van der Waals surface area (Å²) in [6, 6.07) is 95.3. The fourth-order valence-corrected chi connectivity index (χ4v) is 16.4. The van der Waals surface area contributed by atoms with Gasteiger partial charge >= 0.3 is 0 Å². The Morgan fingerprint density at radius 1 is 0.374 bits per heavy atom. The number of rotatable bonds is 8. The van der Waals surface area contributed by atoms with Crippen molar-refractivity contribution in [2.45, 2.75) is 117 Å². The minimum Gasteiger partial charge on any atom is -0.311 e. The van der Waals surface area contributed by atoms with Crippen LogP contribution in [0.1, 0.15) is 129 Å². The molecule has 0 radical (unpaired) electrons. The Kier molecular flexibility index (Phi) is 13.6. The zero-order chi connectivity index (χ0) is 63.1. The predicted octanol–water partition coefficient (Wildman–Crippen LogP) is 22.3. The van der Waals surface area contributed by atoms with Gasteiger partial charge in [0.15, 0.2) is 0 Å². The van der Waals surface area contributed by atoms with Gasteiger partial charge < -0.3 is 14.7 Å². The molecule has 15 rings (SSSR count). The van der Waals surface area contributed by atoms with Crippen molar-refractivity contribution in [2.24, 2.45) is 0 Å². The number of benzene rings is 11. The summed E-state index contributed by atoms with van der Waals surface area (Å²) >= 11 is 1.96. The van der Waals surface area contributed by atoms with Crippen LogP contribution in [0, 0.1) is 0 Å². The van der Waals surface area contributed by atoms with Crippen LogP contribution in [0.3, 0.4) is 0 Å². The molecule has 0 spiro atoms. The maximum atomic E-state index is 2.69. The number of thiophene rings is 1. The molecule has 11 aromatic carbocycles. The van der Waals surface area contributed by atoms with Gasteiger partial charge in [-0.25, -0.2) is 0 Å². The zero-order valence-electron chi connectivity index (χ0n) is 55.0. The topological polar surface area (TPSA) is 9.72 Å². The lowest BCUT2D eigenvalue weighted by Crippen LogP contribution is -2.60. The van der Waals surface area contributed by atoms with Crippen molar-refractivity contribution in [3.05, 3.63) is 288 Å². The molecule has 3 nitrogen and oxygen atoms in total. The molecule has 12 aromatic rings. The van der Waals surface area contributed by atoms with Crippen molar-refractivity contribution in [1.82, 2.24) is 0 Å². The molecule has 0 atom stereocenters. The van der Waals surface area contributed by atoms with E-state index in [4.69, 9.17) is 0 Å². The molecule has 91 heavy (non-hydrogen) atoms. The first-order valence-electron chi connectivity index (χ1n) is 32.6. The molecule has 2 aliphatic heterocycles. The molecule has 0 unspecified atom stereocenters. The van der Waals surface area contributed by atoms with Crippen LogP contribution in [0.5, 0.6) is 0 Å². The van der Waals surface area contributed by atoms with Gasteiger partial charge in [-0.05, 0) is 173 Å². The molecule has 1 aliphatic carbocycles. The average molecular weight is 1200 g/mol. The van der Waals surface area contributed by atoms with E-state index in [2.05, 4.69) is 353 Å². The predicted molar refractivity (Wildman–Crippen MR) is 394 cm³/mol. The highest BCUT2D eigenvalue weighted by atomic mass is 32.1. The second-order valence-electron chi connectivity index (χ2n) is 29.8. The van der Waals surface area contributed by atoms with Gasteiger partial charge in [-0.2, -0.15) is 0 Å². The summed E-state index contributed by atoms with van der Waals surface area (Å²) in [4.78, 5) is 7.85. The van der Waals surface area contributed by atoms with Crippen LogP contribution >= 0.6 is 11.3 Å². The van der Waals surface area contributed by atoms with E-state index in [-0.39, 0.29) is 33.8 Å². The van der Waals surface area contributed by atoms with Gasteiger partial charge in [-0.15, -0.1) is 11.3 Å². The highest BCUT2D eigenvalue weighted by molar-refractivity contribution is 7.33. The van der Waals surface area contributed by atoms with Crippen LogP contribution in [-0.2, 0) is 27.1 Å². The van der Waals surface area contributed by atoms with Crippen LogP contribution in [0.2, 0.25) is 0 Å². The van der Waals surface area contributed by atoms with Crippen LogP contribution in [-0.4, -0.2) is 6.71 Å². The molecule has 0 fully saturated rings. The molecule has 1 aromatic heterocycles. The Hall–Kier alpha value is -9.16. The zero-order valence-corrected chi connectivity index (χ0v) is 55.8. The third-order valence-corrected chi connectivity index (χ3v) is 21.4. The van der Waals surface area contributed by atoms with Crippen molar-refractivity contribution < 1.29 is 0 Å². The largest absolute Gasteiger partial charge is 0.311 e. The lowest BCUT2D eigenvalue weighted by molar-refractivity contribution is 0.521. The second-order valence-corrected chi connectivity index (χ2v) is 30.9. The van der Waals surface area contributed by atoms with Gasteiger partial charge in [-0.1, -0.05) is 254 Å². The van der Waals surface area contributed by atoms with Gasteiger partial charge in [-0.3, -0.25) is 0 Å². The van der Waals surface area contributed by atoms with Gasteiger partial charge in [0.05, 0.1) is 17.1 Å². The molecular weight excluding hydrogens is 1120 g/mol. The molecule has 448 valence electrons. The first-order chi connectivity index (χ1) is 43.6. The third kappa shape index (κ3) is 9.60. The fourth-order valence-electron chi connectivity index (χ4n) is 15.1. The van der Waals surface area contributed by atoms with E-state index in [0.717, 1.165) is 34.1 Å². The van der Waals surface area contributed by atoms with Crippen LogP contribution < -0.4 is 30.4 Å². The molecular formula is C86H80BN3S. The van der Waals surface area contributed by atoms with Crippen molar-refractivity contribution in [3.63, 3.8) is 0 Å². The molecule has 0 saturated heterocycles. The SMILES string of the molecule is CC(C)(C)c1ccc(N(c2ccc3c(c2)N(c2cc4c(cc2-c2ccccc2)C(C)(C)c2ccccc2C4(C)C)c2cccc4c2B3c2sc3ccc(-c5ccccc5)cc3c2N4c2ccc(C(C)(C)C)cc2)c2ccc(C(C)(C)C)cc2-c2ccccc2)cc1. The number of hydrogen-bond donors (Lipinski definition) is 0. The Morgan fingerprint density at radius 2 is 0.890 bits per heavy atom. The highest BCUT2D eigenvalue weighted by Gasteiger charge is 2.48. The third-order valence-electron chi connectivity index (χ3n) is 20.2. The summed E-state index contributed by atoms with van der Waals surface area (Å²) in [5, 5.41) is 1.26. The number of fused-ring (bicyclic) bond motifs is 8. The van der Waals surface area contributed by atoms with Gasteiger partial charge in [0.1, 0.15) is 0 Å². The lowest BCUT2D eigenvalue weighted by Gasteiger charge is -2.46. The molecule has 0 bridgehead atoms. The quantitative estimate of drug-likeness (QED) is 0.140. The molecule has 0 amide bonds. The Labute approximate surface area is 544 Å². The summed E-state index contributed by atoms with van der Waals surface area (Å²) in [6.45, 7) is 30.5. The fraction of sp³-hybridized carbons (Fsp3) is 0.209. The van der Waals surface area contributed by atoms with E-state index < -0.39 is 0 Å². The normalized spacial score (nSPS) is 14.5. The molecule has 0 saturated carbocycles. The first kappa shape index (κ1) is 58.2. The van der Waals surface area contributed by atoms with Crippen molar-refractivity contribution in [3.8, 4) is 33.4 Å². The first-order valence-corrected chi connectivity index (χ1v) is 33.4. The van der Waals surface area contributed by atoms with E-state index in [1.165, 1.54) is 115 Å². The highest BCUT2D eigenvalue weighted by Crippen LogP contribution is 2.56. The second kappa shape index (κ2) is 21.2. The van der Waals surface area contributed by atoms with E-state index >= 15 is 0 Å². The smallest absolute Gasteiger partial charge is 0.264 e. The van der Waals surface area contributed by atoms with Crippen LogP contribution in [0.25, 0.3) is 43.5 Å². The summed E-state index contributed by atoms with van der Waals surface area (Å²) in [7, 11) is 0. The van der Waals surface area contributed by atoms with Gasteiger partial charge in [0, 0.05) is 70.9 Å². The van der Waals surface area contributed by atoms with Crippen molar-refractivity contribution in [1.29, 1.82) is 0 Å². The van der Waals surface area contributed by atoms with Crippen LogP contribution in [0.4, 0.5) is 51.2 Å². The number of nitrogens with zero attached hydrogens (tertiary/aromatic N) is 3. The minimum absolute atomic E-state index is 0.00698. The summed E-state index contributed by atoms with van der Waals surface area (Å²) in [5.41, 5.74) is 28.9. The minimum atomic E-state index is -0.311. The molecule has 0 N–H and O–H groups in total. The number of anilines is 9. The molecule has 3 aliphatic rings. The lowest BCUT2D eigenvalue weighted by atomic mass is 9.36. The maximum Gasteiger partial charge on any atom is 0.264 e. The van der Waals surface area contributed by atoms with E-state index in [0.29, 0.717) is 0 Å². The van der Waals surface area contributed by atoms with E-state index in [1.54, 1.807) is 0 Å². The van der Waals surface area contributed by atoms with Crippen molar-refractivity contribution in [2.75, 3.05) is 14.7 Å². The average Bonchev–Trinajstić information content (AvgIpc) is 1.68. The van der Waals surface area contributed by atoms with Gasteiger partial charge in [0.2, 0.25) is 0 Å². The molecule has 3 heterocycles. The standard InChI is InChI=1S/C86H80BN3S/c1-82(2,3)59-37-42-62(43-38-59)88(73-48-41-61(84(7,8)9)51-65(73)56-28-19-15-20-29-56)64-46-47-72-77(52-64)90(76-54-71-70(53-66(76)57-30-21-16-22-31-57)85(10,11)68-32-23-24-33-69(68)86(71,12)13)75-35-25-34-74-79(75)87(72)81-80(89(74)63-44-39-60(40-45-63)83(4,5)6)67-50-58(36-49-78(67)91-81)55-26-17-14-18-27-55/h14-54H,1-13H3. The van der Waals surface area contributed by atoms with Gasteiger partial charge in [0.25, 0.3) is 6.71 Å². The Morgan fingerprint density at radius 3 is 1.48 bits per heavy atom. The monoisotopic (exact) mass is 1200 g/mol. The Bertz CT molecular complexity index is 4800. The number of hydrogen-bond acceptors (Lipinski definition) is 4. The molecule has 5 heteroatoms. The van der Waals surface area contributed by atoms with Crippen molar-refractivity contribution >= 4 is 95.0 Å². The summed E-state index contributed by atoms with van der Waals surface area (Å²) < 4.78 is 2.62.